The minimum Gasteiger partial charge on any atom is -0.461 e. The average molecular weight is 341 g/mol. The van der Waals surface area contributed by atoms with Gasteiger partial charge in [0.05, 0.1) is 17.8 Å². The van der Waals surface area contributed by atoms with Crippen LogP contribution in [-0.4, -0.2) is 47.2 Å². The largest absolute Gasteiger partial charge is 0.461 e. The van der Waals surface area contributed by atoms with Gasteiger partial charge in [0.15, 0.2) is 0 Å². The number of aromatic nitrogens is 2. The van der Waals surface area contributed by atoms with E-state index in [0.29, 0.717) is 24.1 Å². The van der Waals surface area contributed by atoms with Gasteiger partial charge < -0.3 is 14.2 Å². The number of nitrogens with zero attached hydrogens (tertiary/aromatic N) is 3. The Labute approximate surface area is 149 Å². The Morgan fingerprint density at radius 3 is 2.72 bits per heavy atom. The predicted molar refractivity (Wildman–Crippen MR) is 97.9 cm³/mol. The molecule has 0 amide bonds. The summed E-state index contributed by atoms with van der Waals surface area (Å²) in [4.78, 5) is 19.6. The van der Waals surface area contributed by atoms with E-state index in [1.165, 1.54) is 18.5 Å². The predicted octanol–water partition coefficient (Wildman–Crippen LogP) is 3.43. The summed E-state index contributed by atoms with van der Waals surface area (Å²) in [5, 5.41) is 1.12. The fraction of sp³-hybridized carbons (Fsp3) is 0.600. The van der Waals surface area contributed by atoms with Crippen LogP contribution in [0.2, 0.25) is 0 Å². The molecule has 2 fully saturated rings. The number of piperidine rings is 1. The lowest BCUT2D eigenvalue weighted by molar-refractivity contribution is 0.0514. The minimum atomic E-state index is -0.214. The summed E-state index contributed by atoms with van der Waals surface area (Å²) in [6.07, 6.45) is 6.67. The molecule has 2 aromatic rings. The molecular formula is C20H27N3O2. The van der Waals surface area contributed by atoms with E-state index in [2.05, 4.69) is 16.5 Å². The minimum absolute atomic E-state index is 0.214. The highest BCUT2D eigenvalue weighted by Gasteiger charge is 2.29. The first-order chi connectivity index (χ1) is 12.2. The number of pyridine rings is 1. The molecule has 5 nitrogen and oxygen atoms in total. The average Bonchev–Trinajstić information content (AvgIpc) is 3.35. The van der Waals surface area contributed by atoms with Crippen molar-refractivity contribution in [1.82, 2.24) is 14.5 Å². The molecule has 0 spiro atoms. The van der Waals surface area contributed by atoms with E-state index in [-0.39, 0.29) is 5.97 Å². The monoisotopic (exact) mass is 341 g/mol. The smallest absolute Gasteiger partial charge is 0.354 e. The molecule has 0 atom stereocenters. The van der Waals surface area contributed by atoms with Gasteiger partial charge in [-0.3, -0.25) is 4.98 Å². The fourth-order valence-corrected chi connectivity index (χ4v) is 3.95. The van der Waals surface area contributed by atoms with E-state index in [1.807, 2.05) is 25.3 Å². The molecule has 25 heavy (non-hydrogen) atoms. The van der Waals surface area contributed by atoms with E-state index in [9.17, 15) is 4.79 Å². The van der Waals surface area contributed by atoms with Crippen LogP contribution in [-0.2, 0) is 11.3 Å². The number of ether oxygens (including phenoxy) is 1. The van der Waals surface area contributed by atoms with Gasteiger partial charge in [-0.25, -0.2) is 4.79 Å². The number of rotatable bonds is 5. The number of likely N-dealkylation sites (tertiary alicyclic amines) is 1. The third-order valence-electron chi connectivity index (χ3n) is 5.56. The van der Waals surface area contributed by atoms with Gasteiger partial charge in [0, 0.05) is 24.0 Å². The maximum Gasteiger partial charge on any atom is 0.354 e. The first-order valence-corrected chi connectivity index (χ1v) is 9.51. The van der Waals surface area contributed by atoms with Gasteiger partial charge in [-0.05, 0) is 70.8 Å². The van der Waals surface area contributed by atoms with E-state index in [0.717, 1.165) is 43.4 Å². The Balaban J connectivity index is 1.79. The van der Waals surface area contributed by atoms with Gasteiger partial charge >= 0.3 is 5.97 Å². The van der Waals surface area contributed by atoms with Crippen LogP contribution in [0.15, 0.2) is 18.3 Å². The molecule has 1 saturated heterocycles. The Hall–Kier alpha value is -1.88. The van der Waals surface area contributed by atoms with Crippen LogP contribution in [0.5, 0.6) is 0 Å². The number of hydrogen-bond donors (Lipinski definition) is 0. The van der Waals surface area contributed by atoms with Crippen LogP contribution >= 0.6 is 0 Å². The Morgan fingerprint density at radius 2 is 2.04 bits per heavy atom. The Kier molecular flexibility index (Phi) is 4.50. The molecule has 0 radical (unpaired) electrons. The van der Waals surface area contributed by atoms with Crippen molar-refractivity contribution >= 4 is 16.9 Å². The molecule has 1 aliphatic heterocycles. The molecule has 4 rings (SSSR count). The number of hydrogen-bond acceptors (Lipinski definition) is 4. The summed E-state index contributed by atoms with van der Waals surface area (Å²) in [6, 6.07) is 4.02. The second kappa shape index (κ2) is 6.79. The topological polar surface area (TPSA) is 47.4 Å². The fourth-order valence-electron chi connectivity index (χ4n) is 3.95. The molecule has 2 aliphatic rings. The first kappa shape index (κ1) is 16.6. The van der Waals surface area contributed by atoms with Crippen molar-refractivity contribution < 1.29 is 9.53 Å². The van der Waals surface area contributed by atoms with Crippen molar-refractivity contribution in [1.29, 1.82) is 0 Å². The van der Waals surface area contributed by atoms with Crippen molar-refractivity contribution in [3.05, 3.63) is 29.7 Å². The molecule has 0 unspecified atom stereocenters. The van der Waals surface area contributed by atoms with Crippen molar-refractivity contribution in [3.8, 4) is 0 Å². The summed E-state index contributed by atoms with van der Waals surface area (Å²) in [5.41, 5.74) is 3.01. The van der Waals surface area contributed by atoms with E-state index >= 15 is 0 Å². The van der Waals surface area contributed by atoms with Crippen LogP contribution in [0.3, 0.4) is 0 Å². The number of esters is 1. The SMILES string of the molecule is CCOC(=O)c1cc2ccnc(C3CCN(C)CC3)c2n1CC1CC1. The lowest BCUT2D eigenvalue weighted by atomic mass is 9.92. The van der Waals surface area contributed by atoms with Crippen LogP contribution in [0.4, 0.5) is 0 Å². The second-order valence-electron chi connectivity index (χ2n) is 7.52. The summed E-state index contributed by atoms with van der Waals surface area (Å²) in [5.74, 6) is 0.950. The number of carbonyl (C=O) groups is 1. The summed E-state index contributed by atoms with van der Waals surface area (Å²) in [7, 11) is 2.18. The zero-order valence-electron chi connectivity index (χ0n) is 15.2. The molecular weight excluding hydrogens is 314 g/mol. The van der Waals surface area contributed by atoms with Gasteiger partial charge in [-0.2, -0.15) is 0 Å². The van der Waals surface area contributed by atoms with Crippen LogP contribution in [0.25, 0.3) is 10.9 Å². The van der Waals surface area contributed by atoms with Gasteiger partial charge in [0.2, 0.25) is 0 Å². The van der Waals surface area contributed by atoms with E-state index < -0.39 is 0 Å². The highest BCUT2D eigenvalue weighted by Crippen LogP contribution is 2.37. The highest BCUT2D eigenvalue weighted by atomic mass is 16.5. The summed E-state index contributed by atoms with van der Waals surface area (Å²) >= 11 is 0. The quantitative estimate of drug-likeness (QED) is 0.782. The van der Waals surface area contributed by atoms with Gasteiger partial charge in [0.25, 0.3) is 0 Å². The van der Waals surface area contributed by atoms with Crippen LogP contribution in [0.1, 0.15) is 54.7 Å². The molecule has 5 heteroatoms. The van der Waals surface area contributed by atoms with E-state index in [1.54, 1.807) is 0 Å². The molecule has 134 valence electrons. The maximum absolute atomic E-state index is 12.5. The molecule has 3 heterocycles. The molecule has 2 aromatic heterocycles. The van der Waals surface area contributed by atoms with Crippen molar-refractivity contribution in [2.75, 3.05) is 26.7 Å². The van der Waals surface area contributed by atoms with Gasteiger partial charge in [-0.1, -0.05) is 0 Å². The lowest BCUT2D eigenvalue weighted by Gasteiger charge is -2.29. The summed E-state index contributed by atoms with van der Waals surface area (Å²) < 4.78 is 7.51. The zero-order chi connectivity index (χ0) is 17.4. The number of fused-ring (bicyclic) bond motifs is 1. The molecule has 1 saturated carbocycles. The number of carbonyl (C=O) groups excluding carboxylic acids is 1. The van der Waals surface area contributed by atoms with Crippen molar-refractivity contribution in [2.45, 2.75) is 45.1 Å². The second-order valence-corrected chi connectivity index (χ2v) is 7.52. The third kappa shape index (κ3) is 3.30. The summed E-state index contributed by atoms with van der Waals surface area (Å²) in [6.45, 7) is 5.39. The van der Waals surface area contributed by atoms with Crippen LogP contribution in [0, 0.1) is 5.92 Å². The highest BCUT2D eigenvalue weighted by molar-refractivity contribution is 5.96. The normalized spacial score (nSPS) is 19.4. The molecule has 0 aromatic carbocycles. The Morgan fingerprint density at radius 1 is 1.28 bits per heavy atom. The van der Waals surface area contributed by atoms with E-state index in [4.69, 9.17) is 9.72 Å². The van der Waals surface area contributed by atoms with Crippen LogP contribution < -0.4 is 0 Å². The van der Waals surface area contributed by atoms with Crippen molar-refractivity contribution in [2.24, 2.45) is 5.92 Å². The molecule has 0 N–H and O–H groups in total. The van der Waals surface area contributed by atoms with Gasteiger partial charge in [0.1, 0.15) is 5.69 Å². The van der Waals surface area contributed by atoms with Crippen molar-refractivity contribution in [3.63, 3.8) is 0 Å². The maximum atomic E-state index is 12.5. The first-order valence-electron chi connectivity index (χ1n) is 9.51. The standard InChI is InChI=1S/C20H27N3O2/c1-3-25-20(24)17-12-16-6-9-21-18(15-7-10-22(2)11-8-15)19(16)23(17)13-14-4-5-14/h6,9,12,14-15H,3-5,7-8,10-11,13H2,1-2H3. The Bertz CT molecular complexity index is 771. The lowest BCUT2D eigenvalue weighted by Crippen LogP contribution is -2.29. The van der Waals surface area contributed by atoms with Gasteiger partial charge in [-0.15, -0.1) is 0 Å². The molecule has 0 bridgehead atoms. The third-order valence-corrected chi connectivity index (χ3v) is 5.56. The molecule has 1 aliphatic carbocycles. The zero-order valence-corrected chi connectivity index (χ0v) is 15.2.